The van der Waals surface area contributed by atoms with Crippen molar-refractivity contribution >= 4 is 23.4 Å². The molecule has 1 atom stereocenters. The van der Waals surface area contributed by atoms with Crippen molar-refractivity contribution in [2.45, 2.75) is 18.3 Å². The Labute approximate surface area is 155 Å². The molecular formula is C18H17ClN2O3S. The highest BCUT2D eigenvalue weighted by Gasteiger charge is 2.12. The Morgan fingerprint density at radius 3 is 2.56 bits per heavy atom. The number of rotatable bonds is 7. The molecule has 1 N–H and O–H groups in total. The normalized spacial score (nSPS) is 12.1. The van der Waals surface area contributed by atoms with Gasteiger partial charge in [-0.05, 0) is 43.3 Å². The Hall–Kier alpha value is -2.02. The molecule has 2 aromatic carbocycles. The van der Waals surface area contributed by atoms with E-state index in [9.17, 15) is 5.11 Å². The quantitative estimate of drug-likeness (QED) is 0.622. The molecule has 0 aliphatic heterocycles. The lowest BCUT2D eigenvalue weighted by Crippen LogP contribution is -2.20. The van der Waals surface area contributed by atoms with E-state index in [0.717, 1.165) is 16.9 Å². The molecule has 0 unspecified atom stereocenters. The Morgan fingerprint density at radius 1 is 1.12 bits per heavy atom. The van der Waals surface area contributed by atoms with Gasteiger partial charge in [-0.15, -0.1) is 10.2 Å². The predicted octanol–water partition coefficient (Wildman–Crippen LogP) is 4.23. The zero-order chi connectivity index (χ0) is 17.6. The van der Waals surface area contributed by atoms with E-state index in [0.29, 0.717) is 21.9 Å². The molecule has 25 heavy (non-hydrogen) atoms. The Morgan fingerprint density at radius 2 is 1.84 bits per heavy atom. The van der Waals surface area contributed by atoms with Gasteiger partial charge in [-0.2, -0.15) is 0 Å². The molecule has 0 saturated carbocycles. The van der Waals surface area contributed by atoms with Crippen molar-refractivity contribution in [2.75, 3.05) is 12.4 Å². The summed E-state index contributed by atoms with van der Waals surface area (Å²) in [4.78, 5) is 0. The summed E-state index contributed by atoms with van der Waals surface area (Å²) in [5.74, 6) is 1.55. The van der Waals surface area contributed by atoms with Crippen molar-refractivity contribution in [3.63, 3.8) is 0 Å². The van der Waals surface area contributed by atoms with E-state index >= 15 is 0 Å². The van der Waals surface area contributed by atoms with Crippen molar-refractivity contribution in [3.8, 4) is 17.2 Å². The molecule has 130 valence electrons. The smallest absolute Gasteiger partial charge is 0.276 e. The van der Waals surface area contributed by atoms with Crippen molar-refractivity contribution in [1.29, 1.82) is 0 Å². The second kappa shape index (κ2) is 8.38. The minimum atomic E-state index is -0.641. The fraction of sp³-hybridized carbons (Fsp3) is 0.222. The number of ether oxygens (including phenoxy) is 1. The average molecular weight is 377 g/mol. The topological polar surface area (TPSA) is 68.4 Å². The number of thioether (sulfide) groups is 1. The molecule has 0 aliphatic carbocycles. The van der Waals surface area contributed by atoms with E-state index in [1.165, 1.54) is 11.8 Å². The Bertz CT molecular complexity index is 806. The first-order valence-corrected chi connectivity index (χ1v) is 9.06. The summed E-state index contributed by atoms with van der Waals surface area (Å²) in [7, 11) is 0. The van der Waals surface area contributed by atoms with Gasteiger partial charge in [0.05, 0.1) is 6.10 Å². The lowest BCUT2D eigenvalue weighted by atomic mass is 10.2. The number of aryl methyl sites for hydroxylation is 1. The van der Waals surface area contributed by atoms with Crippen LogP contribution in [0.15, 0.2) is 58.2 Å². The molecule has 0 aliphatic rings. The van der Waals surface area contributed by atoms with Crippen LogP contribution in [0, 0.1) is 6.92 Å². The van der Waals surface area contributed by atoms with Crippen LogP contribution in [0.1, 0.15) is 5.56 Å². The third-order valence-corrected chi connectivity index (χ3v) is 4.58. The van der Waals surface area contributed by atoms with Crippen molar-refractivity contribution in [3.05, 3.63) is 59.1 Å². The van der Waals surface area contributed by atoms with E-state index in [4.69, 9.17) is 20.8 Å². The van der Waals surface area contributed by atoms with Crippen molar-refractivity contribution < 1.29 is 14.3 Å². The second-order valence-electron chi connectivity index (χ2n) is 5.47. The number of aromatic nitrogens is 2. The van der Waals surface area contributed by atoms with Gasteiger partial charge in [-0.1, -0.05) is 41.1 Å². The zero-order valence-corrected chi connectivity index (χ0v) is 15.1. The average Bonchev–Trinajstić information content (AvgIpc) is 3.09. The number of benzene rings is 2. The summed E-state index contributed by atoms with van der Waals surface area (Å²) in [6, 6.07) is 14.8. The van der Waals surface area contributed by atoms with Gasteiger partial charge in [0.2, 0.25) is 5.89 Å². The van der Waals surface area contributed by atoms with Gasteiger partial charge in [-0.3, -0.25) is 0 Å². The summed E-state index contributed by atoms with van der Waals surface area (Å²) < 4.78 is 11.1. The van der Waals surface area contributed by atoms with E-state index in [1.54, 1.807) is 12.1 Å². The maximum atomic E-state index is 10.0. The maximum absolute atomic E-state index is 10.0. The molecule has 0 spiro atoms. The Kier molecular flexibility index (Phi) is 5.96. The first kappa shape index (κ1) is 17.8. The lowest BCUT2D eigenvalue weighted by molar-refractivity contribution is 0.126. The van der Waals surface area contributed by atoms with E-state index < -0.39 is 6.10 Å². The molecule has 1 heterocycles. The molecular weight excluding hydrogens is 360 g/mol. The molecule has 3 rings (SSSR count). The fourth-order valence-electron chi connectivity index (χ4n) is 2.02. The van der Waals surface area contributed by atoms with Crippen LogP contribution in [0.2, 0.25) is 5.02 Å². The monoisotopic (exact) mass is 376 g/mol. The first-order chi connectivity index (χ1) is 12.1. The third kappa shape index (κ3) is 5.22. The second-order valence-corrected chi connectivity index (χ2v) is 6.88. The van der Waals surface area contributed by atoms with Crippen LogP contribution in [0.4, 0.5) is 0 Å². The highest BCUT2D eigenvalue weighted by Crippen LogP contribution is 2.24. The summed E-state index contributed by atoms with van der Waals surface area (Å²) in [5.41, 5.74) is 1.96. The molecule has 7 heteroatoms. The van der Waals surface area contributed by atoms with Gasteiger partial charge >= 0.3 is 0 Å². The van der Waals surface area contributed by atoms with Gasteiger partial charge in [0.1, 0.15) is 12.4 Å². The molecule has 3 aromatic rings. The maximum Gasteiger partial charge on any atom is 0.276 e. The van der Waals surface area contributed by atoms with Crippen LogP contribution in [-0.2, 0) is 0 Å². The number of aliphatic hydroxyl groups is 1. The van der Waals surface area contributed by atoms with Gasteiger partial charge < -0.3 is 14.3 Å². The summed E-state index contributed by atoms with van der Waals surface area (Å²) in [5, 5.41) is 19.1. The lowest BCUT2D eigenvalue weighted by Gasteiger charge is -2.11. The van der Waals surface area contributed by atoms with Crippen LogP contribution in [-0.4, -0.2) is 33.8 Å². The van der Waals surface area contributed by atoms with Crippen LogP contribution in [0.25, 0.3) is 11.5 Å². The van der Waals surface area contributed by atoms with Crippen LogP contribution < -0.4 is 4.74 Å². The number of hydrogen-bond acceptors (Lipinski definition) is 6. The summed E-state index contributed by atoms with van der Waals surface area (Å²) >= 11 is 7.15. The third-order valence-electron chi connectivity index (χ3n) is 3.36. The van der Waals surface area contributed by atoms with E-state index in [2.05, 4.69) is 10.2 Å². The van der Waals surface area contributed by atoms with Crippen molar-refractivity contribution in [1.82, 2.24) is 10.2 Å². The molecule has 0 amide bonds. The van der Waals surface area contributed by atoms with Gasteiger partial charge in [0.25, 0.3) is 5.22 Å². The highest BCUT2D eigenvalue weighted by atomic mass is 35.5. The van der Waals surface area contributed by atoms with Crippen molar-refractivity contribution in [2.24, 2.45) is 0 Å². The molecule has 0 fully saturated rings. The fourth-order valence-corrected chi connectivity index (χ4v) is 2.81. The SMILES string of the molecule is Cc1ccc(OC[C@H](O)CSc2nnc(-c3ccc(Cl)cc3)o2)cc1. The number of aliphatic hydroxyl groups excluding tert-OH is 1. The van der Waals surface area contributed by atoms with Gasteiger partial charge in [-0.25, -0.2) is 0 Å². The van der Waals surface area contributed by atoms with Crippen LogP contribution in [0.3, 0.4) is 0 Å². The number of nitrogens with zero attached hydrogens (tertiary/aromatic N) is 2. The minimum Gasteiger partial charge on any atom is -0.491 e. The molecule has 0 saturated heterocycles. The zero-order valence-electron chi connectivity index (χ0n) is 13.6. The molecule has 1 aromatic heterocycles. The Balaban J connectivity index is 1.48. The van der Waals surface area contributed by atoms with Gasteiger partial charge in [0, 0.05) is 16.3 Å². The molecule has 0 radical (unpaired) electrons. The minimum absolute atomic E-state index is 0.203. The largest absolute Gasteiger partial charge is 0.491 e. The van der Waals surface area contributed by atoms with Crippen LogP contribution in [0.5, 0.6) is 5.75 Å². The first-order valence-electron chi connectivity index (χ1n) is 7.70. The standard InChI is InChI=1S/C18H17ClN2O3S/c1-12-2-8-16(9-3-12)23-10-15(22)11-25-18-21-20-17(24-18)13-4-6-14(19)7-5-13/h2-9,15,22H,10-11H2,1H3/t15-/m0/s1. The summed E-state index contributed by atoms with van der Waals surface area (Å²) in [6.45, 7) is 2.21. The predicted molar refractivity (Wildman–Crippen MR) is 98.1 cm³/mol. The molecule has 0 bridgehead atoms. The van der Waals surface area contributed by atoms with Gasteiger partial charge in [0.15, 0.2) is 0 Å². The summed E-state index contributed by atoms with van der Waals surface area (Å²) in [6.07, 6.45) is -0.641. The van der Waals surface area contributed by atoms with Crippen LogP contribution >= 0.6 is 23.4 Å². The van der Waals surface area contributed by atoms with E-state index in [-0.39, 0.29) is 6.61 Å². The van der Waals surface area contributed by atoms with E-state index in [1.807, 2.05) is 43.3 Å². The molecule has 5 nitrogen and oxygen atoms in total. The highest BCUT2D eigenvalue weighted by molar-refractivity contribution is 7.99. The number of hydrogen-bond donors (Lipinski definition) is 1. The number of halogens is 1.